The van der Waals surface area contributed by atoms with E-state index in [-0.39, 0.29) is 28.4 Å². The molecule has 3 aromatic rings. The summed E-state index contributed by atoms with van der Waals surface area (Å²) in [4.78, 5) is 20.0. The second kappa shape index (κ2) is 10.3. The third-order valence-corrected chi connectivity index (χ3v) is 10.1. The first-order chi connectivity index (χ1) is 18.4. The molecule has 2 unspecified atom stereocenters. The molecular weight excluding hydrogens is 496 g/mol. The molecule has 6 rings (SSSR count). The van der Waals surface area contributed by atoms with Crippen LogP contribution in [-0.2, 0) is 27.6 Å². The molecule has 2 aromatic heterocycles. The van der Waals surface area contributed by atoms with Gasteiger partial charge in [0.05, 0.1) is 16.3 Å². The summed E-state index contributed by atoms with van der Waals surface area (Å²) in [5.41, 5.74) is 4.53. The quantitative estimate of drug-likeness (QED) is 0.378. The van der Waals surface area contributed by atoms with Crippen LogP contribution in [0.25, 0.3) is 0 Å². The van der Waals surface area contributed by atoms with Gasteiger partial charge in [-0.2, -0.15) is 5.10 Å². The number of hydrogen-bond acceptors (Lipinski definition) is 5. The van der Waals surface area contributed by atoms with Crippen LogP contribution < -0.4 is 0 Å². The number of pyridine rings is 1. The van der Waals surface area contributed by atoms with E-state index in [1.807, 2.05) is 11.0 Å². The summed E-state index contributed by atoms with van der Waals surface area (Å²) in [7, 11) is -3.28. The fraction of sp³-hybridized carbons (Fsp3) is 0.500. The Labute approximate surface area is 225 Å². The van der Waals surface area contributed by atoms with Crippen LogP contribution in [0.5, 0.6) is 0 Å². The lowest BCUT2D eigenvalue weighted by atomic mass is 9.86. The monoisotopic (exact) mass is 532 g/mol. The Bertz CT molecular complexity index is 1390. The summed E-state index contributed by atoms with van der Waals surface area (Å²) in [6.45, 7) is 4.00. The third-order valence-electron chi connectivity index (χ3n) is 8.37. The predicted molar refractivity (Wildman–Crippen MR) is 146 cm³/mol. The smallest absolute Gasteiger partial charge is 0.222 e. The van der Waals surface area contributed by atoms with E-state index >= 15 is 0 Å². The molecule has 1 amide bonds. The van der Waals surface area contributed by atoms with E-state index < -0.39 is 9.84 Å². The number of likely N-dealkylation sites (tertiary alicyclic amines) is 1. The molecule has 8 heteroatoms. The molecule has 2 atom stereocenters. The zero-order chi connectivity index (χ0) is 26.3. The molecule has 1 saturated heterocycles. The van der Waals surface area contributed by atoms with Crippen LogP contribution in [0.1, 0.15) is 79.4 Å². The number of rotatable bonds is 10. The molecule has 0 spiro atoms. The van der Waals surface area contributed by atoms with Gasteiger partial charge < -0.3 is 4.90 Å². The normalized spacial score (nSPS) is 21.7. The SMILES string of the molecule is CCS(=O)(=O)c1ccc(CCC(=O)N2CC(c3ccccc3)C(c3cc(C4CC4)nn3CC3CC3)C2)nc1. The number of carbonyl (C=O) groups excluding carboxylic acids is 1. The summed E-state index contributed by atoms with van der Waals surface area (Å²) in [5, 5.41) is 5.06. The van der Waals surface area contributed by atoms with Crippen LogP contribution in [0.15, 0.2) is 59.6 Å². The standard InChI is InChI=1S/C30H36N4O3S/c1-2-38(36,37)25-14-12-24(31-17-25)13-15-30(35)33-19-26(22-6-4-3-5-7-22)27(20-33)29-16-28(23-10-11-23)32-34(29)18-21-8-9-21/h3-7,12,14,16-17,21,23,26-27H,2,8-11,13,15,18-20H2,1H3. The number of amides is 1. The van der Waals surface area contributed by atoms with E-state index in [0.717, 1.165) is 18.2 Å². The van der Waals surface area contributed by atoms with Crippen LogP contribution in [0.2, 0.25) is 0 Å². The van der Waals surface area contributed by atoms with Gasteiger partial charge in [0.2, 0.25) is 5.91 Å². The number of sulfone groups is 1. The van der Waals surface area contributed by atoms with Gasteiger partial charge in [0.25, 0.3) is 0 Å². The molecule has 1 aliphatic heterocycles. The minimum Gasteiger partial charge on any atom is -0.341 e. The molecule has 3 fully saturated rings. The Kier molecular flexibility index (Phi) is 6.84. The topological polar surface area (TPSA) is 85.2 Å². The maximum atomic E-state index is 13.4. The minimum atomic E-state index is -3.28. The van der Waals surface area contributed by atoms with Crippen molar-refractivity contribution in [2.45, 2.75) is 74.6 Å². The summed E-state index contributed by atoms with van der Waals surface area (Å²) >= 11 is 0. The average molecular weight is 533 g/mol. The van der Waals surface area contributed by atoms with Crippen LogP contribution in [0, 0.1) is 5.92 Å². The van der Waals surface area contributed by atoms with Crippen molar-refractivity contribution in [3.8, 4) is 0 Å². The minimum absolute atomic E-state index is 0.0485. The van der Waals surface area contributed by atoms with Crippen LogP contribution in [-0.4, -0.2) is 52.8 Å². The lowest BCUT2D eigenvalue weighted by molar-refractivity contribution is -0.130. The van der Waals surface area contributed by atoms with Crippen molar-refractivity contribution in [3.05, 3.63) is 77.4 Å². The zero-order valence-electron chi connectivity index (χ0n) is 22.0. The van der Waals surface area contributed by atoms with E-state index in [9.17, 15) is 13.2 Å². The van der Waals surface area contributed by atoms with Crippen LogP contribution in [0.4, 0.5) is 0 Å². The Morgan fingerprint density at radius 3 is 2.42 bits per heavy atom. The predicted octanol–water partition coefficient (Wildman–Crippen LogP) is 4.70. The van der Waals surface area contributed by atoms with Gasteiger partial charge in [-0.05, 0) is 61.8 Å². The molecule has 0 N–H and O–H groups in total. The summed E-state index contributed by atoms with van der Waals surface area (Å²) < 4.78 is 26.4. The van der Waals surface area contributed by atoms with Gasteiger partial charge in [-0.3, -0.25) is 14.5 Å². The van der Waals surface area contributed by atoms with E-state index in [2.05, 4.69) is 40.0 Å². The van der Waals surface area contributed by atoms with E-state index in [1.54, 1.807) is 19.1 Å². The lowest BCUT2D eigenvalue weighted by Crippen LogP contribution is -2.29. The first-order valence-corrected chi connectivity index (χ1v) is 15.6. The average Bonchev–Trinajstić information content (AvgIpc) is 3.87. The van der Waals surface area contributed by atoms with Gasteiger partial charge >= 0.3 is 0 Å². The van der Waals surface area contributed by atoms with E-state index in [4.69, 9.17) is 5.10 Å². The first kappa shape index (κ1) is 25.3. The maximum Gasteiger partial charge on any atom is 0.222 e. The Morgan fingerprint density at radius 2 is 1.76 bits per heavy atom. The second-order valence-electron chi connectivity index (χ2n) is 11.2. The van der Waals surface area contributed by atoms with Crippen molar-refractivity contribution in [1.29, 1.82) is 0 Å². The number of aromatic nitrogens is 3. The molecule has 2 saturated carbocycles. The summed E-state index contributed by atoms with van der Waals surface area (Å²) in [6.07, 6.45) is 7.30. The van der Waals surface area contributed by atoms with Crippen molar-refractivity contribution in [2.24, 2.45) is 5.92 Å². The van der Waals surface area contributed by atoms with Crippen molar-refractivity contribution < 1.29 is 13.2 Å². The van der Waals surface area contributed by atoms with Crippen LogP contribution in [0.3, 0.4) is 0 Å². The molecule has 38 heavy (non-hydrogen) atoms. The fourth-order valence-corrected chi connectivity index (χ4v) is 6.49. The van der Waals surface area contributed by atoms with Crippen molar-refractivity contribution in [1.82, 2.24) is 19.7 Å². The van der Waals surface area contributed by atoms with Gasteiger partial charge in [0, 0.05) is 61.4 Å². The number of nitrogens with zero attached hydrogens (tertiary/aromatic N) is 4. The number of carbonyl (C=O) groups is 1. The highest BCUT2D eigenvalue weighted by Crippen LogP contribution is 2.45. The molecule has 2 aliphatic carbocycles. The molecule has 3 heterocycles. The van der Waals surface area contributed by atoms with Gasteiger partial charge in [-0.15, -0.1) is 0 Å². The largest absolute Gasteiger partial charge is 0.341 e. The molecule has 7 nitrogen and oxygen atoms in total. The Hall–Kier alpha value is -3.00. The summed E-state index contributed by atoms with van der Waals surface area (Å²) in [6, 6.07) is 16.2. The van der Waals surface area contributed by atoms with Gasteiger partial charge in [0.1, 0.15) is 0 Å². The Morgan fingerprint density at radius 1 is 1.00 bits per heavy atom. The van der Waals surface area contributed by atoms with Crippen LogP contribution >= 0.6 is 0 Å². The number of aryl methyl sites for hydroxylation is 1. The number of hydrogen-bond donors (Lipinski definition) is 0. The highest BCUT2D eigenvalue weighted by atomic mass is 32.2. The molecule has 1 aromatic carbocycles. The zero-order valence-corrected chi connectivity index (χ0v) is 22.8. The maximum absolute atomic E-state index is 13.4. The van der Waals surface area contributed by atoms with Gasteiger partial charge in [0.15, 0.2) is 9.84 Å². The first-order valence-electron chi connectivity index (χ1n) is 14.0. The summed E-state index contributed by atoms with van der Waals surface area (Å²) in [5.74, 6) is 1.97. The van der Waals surface area contributed by atoms with Gasteiger partial charge in [-0.25, -0.2) is 8.42 Å². The van der Waals surface area contributed by atoms with E-state index in [0.29, 0.717) is 31.8 Å². The van der Waals surface area contributed by atoms with Crippen molar-refractivity contribution in [2.75, 3.05) is 18.8 Å². The highest BCUT2D eigenvalue weighted by Gasteiger charge is 2.40. The molecule has 0 radical (unpaired) electrons. The fourth-order valence-electron chi connectivity index (χ4n) is 5.67. The number of benzene rings is 1. The second-order valence-corrected chi connectivity index (χ2v) is 13.5. The molecule has 3 aliphatic rings. The Balaban J connectivity index is 1.20. The van der Waals surface area contributed by atoms with E-state index in [1.165, 1.54) is 48.8 Å². The molecule has 200 valence electrons. The lowest BCUT2D eigenvalue weighted by Gasteiger charge is -2.20. The molecular formula is C30H36N4O3S. The van der Waals surface area contributed by atoms with Crippen molar-refractivity contribution >= 4 is 15.7 Å². The molecule has 0 bridgehead atoms. The van der Waals surface area contributed by atoms with Gasteiger partial charge in [-0.1, -0.05) is 37.3 Å². The highest BCUT2D eigenvalue weighted by molar-refractivity contribution is 7.91. The van der Waals surface area contributed by atoms with Crippen molar-refractivity contribution in [3.63, 3.8) is 0 Å². The third kappa shape index (κ3) is 5.41.